The first-order chi connectivity index (χ1) is 9.17. The molecule has 0 saturated carbocycles. The molecule has 1 unspecified atom stereocenters. The summed E-state index contributed by atoms with van der Waals surface area (Å²) in [5.41, 5.74) is 0. The van der Waals surface area contributed by atoms with E-state index < -0.39 is 30.5 Å². The Hall–Kier alpha value is -1.47. The van der Waals surface area contributed by atoms with Crippen molar-refractivity contribution in [2.24, 2.45) is 5.92 Å². The van der Waals surface area contributed by atoms with Gasteiger partial charge in [-0.3, -0.25) is 4.79 Å². The highest BCUT2D eigenvalue weighted by molar-refractivity contribution is 5.75. The Morgan fingerprint density at radius 3 is 2.35 bits per heavy atom. The van der Waals surface area contributed by atoms with Crippen molar-refractivity contribution < 1.29 is 27.9 Å². The number of carbonyl (C=O) groups is 2. The van der Waals surface area contributed by atoms with E-state index in [0.717, 1.165) is 0 Å². The zero-order valence-corrected chi connectivity index (χ0v) is 11.7. The third-order valence-corrected chi connectivity index (χ3v) is 2.75. The Morgan fingerprint density at radius 1 is 1.30 bits per heavy atom. The van der Waals surface area contributed by atoms with Crippen molar-refractivity contribution >= 4 is 12.0 Å². The smallest absolute Gasteiger partial charge is 0.389 e. The lowest BCUT2D eigenvalue weighted by Gasteiger charge is -2.23. The van der Waals surface area contributed by atoms with Crippen molar-refractivity contribution in [2.45, 2.75) is 39.3 Å². The van der Waals surface area contributed by atoms with Gasteiger partial charge in [-0.1, -0.05) is 6.92 Å². The molecule has 1 atom stereocenters. The predicted molar refractivity (Wildman–Crippen MR) is 67.4 cm³/mol. The topological polar surface area (TPSA) is 69.6 Å². The molecule has 8 heteroatoms. The number of urea groups is 1. The second-order valence-electron chi connectivity index (χ2n) is 4.58. The number of unbranched alkanes of at least 4 members (excludes halogenated alkanes) is 1. The standard InChI is InChI=1S/C12H21F3N2O3/c1-3-17(8-9(2)10(18)19)11(20)16-7-5-4-6-12(13,14)15/h9H,3-8H2,1-2H3,(H,16,20)(H,18,19). The molecular formula is C12H21F3N2O3. The molecule has 0 aromatic heterocycles. The quantitative estimate of drug-likeness (QED) is 0.676. The van der Waals surface area contributed by atoms with Crippen molar-refractivity contribution in [3.63, 3.8) is 0 Å². The van der Waals surface area contributed by atoms with Crippen LogP contribution in [-0.4, -0.2) is 47.8 Å². The van der Waals surface area contributed by atoms with Crippen LogP contribution < -0.4 is 5.32 Å². The third kappa shape index (κ3) is 8.60. The highest BCUT2D eigenvalue weighted by Crippen LogP contribution is 2.21. The van der Waals surface area contributed by atoms with Crippen LogP contribution in [0.2, 0.25) is 0 Å². The van der Waals surface area contributed by atoms with Gasteiger partial charge in [-0.05, 0) is 19.8 Å². The summed E-state index contributed by atoms with van der Waals surface area (Å²) in [5, 5.41) is 11.3. The number of hydrogen-bond acceptors (Lipinski definition) is 2. The van der Waals surface area contributed by atoms with Gasteiger partial charge in [0.15, 0.2) is 0 Å². The van der Waals surface area contributed by atoms with E-state index in [0.29, 0.717) is 6.54 Å². The first-order valence-corrected chi connectivity index (χ1v) is 6.49. The molecule has 2 amide bonds. The molecule has 0 rings (SSSR count). The number of nitrogens with zero attached hydrogens (tertiary/aromatic N) is 1. The van der Waals surface area contributed by atoms with Gasteiger partial charge in [0, 0.05) is 26.1 Å². The van der Waals surface area contributed by atoms with Crippen molar-refractivity contribution in [3.05, 3.63) is 0 Å². The molecule has 0 aliphatic carbocycles. The molecule has 0 saturated heterocycles. The van der Waals surface area contributed by atoms with Gasteiger partial charge in [0.25, 0.3) is 0 Å². The molecule has 0 aliphatic heterocycles. The lowest BCUT2D eigenvalue weighted by Crippen LogP contribution is -2.43. The SMILES string of the molecule is CCN(CC(C)C(=O)O)C(=O)NCCCCC(F)(F)F. The fraction of sp³-hybridized carbons (Fsp3) is 0.833. The number of carbonyl (C=O) groups excluding carboxylic acids is 1. The normalized spacial score (nSPS) is 12.8. The lowest BCUT2D eigenvalue weighted by molar-refractivity contribution is -0.141. The number of nitrogens with one attached hydrogen (secondary N) is 1. The molecule has 118 valence electrons. The highest BCUT2D eigenvalue weighted by atomic mass is 19.4. The van der Waals surface area contributed by atoms with E-state index >= 15 is 0 Å². The molecule has 0 fully saturated rings. The second-order valence-corrected chi connectivity index (χ2v) is 4.58. The molecule has 0 aromatic carbocycles. The average molecular weight is 298 g/mol. The fourth-order valence-corrected chi connectivity index (χ4v) is 1.52. The maximum atomic E-state index is 11.9. The first kappa shape index (κ1) is 18.5. The van der Waals surface area contributed by atoms with Gasteiger partial charge < -0.3 is 15.3 Å². The maximum Gasteiger partial charge on any atom is 0.389 e. The number of aliphatic carboxylic acids is 1. The molecule has 2 N–H and O–H groups in total. The van der Waals surface area contributed by atoms with Crippen LogP contribution in [0.1, 0.15) is 33.1 Å². The summed E-state index contributed by atoms with van der Waals surface area (Å²) in [6.07, 6.45) is -4.84. The summed E-state index contributed by atoms with van der Waals surface area (Å²) in [6, 6.07) is -0.451. The van der Waals surface area contributed by atoms with Crippen molar-refractivity contribution in [1.82, 2.24) is 10.2 Å². The van der Waals surface area contributed by atoms with Gasteiger partial charge in [0.2, 0.25) is 0 Å². The van der Waals surface area contributed by atoms with E-state index in [4.69, 9.17) is 5.11 Å². The van der Waals surface area contributed by atoms with Crippen LogP contribution in [-0.2, 0) is 4.79 Å². The molecule has 0 spiro atoms. The van der Waals surface area contributed by atoms with Gasteiger partial charge in [0.1, 0.15) is 0 Å². The summed E-state index contributed by atoms with van der Waals surface area (Å²) in [7, 11) is 0. The Kier molecular flexibility index (Phi) is 8.02. The Morgan fingerprint density at radius 2 is 1.90 bits per heavy atom. The maximum absolute atomic E-state index is 11.9. The number of carboxylic acids is 1. The van der Waals surface area contributed by atoms with Crippen molar-refractivity contribution in [3.8, 4) is 0 Å². The zero-order valence-electron chi connectivity index (χ0n) is 11.7. The van der Waals surface area contributed by atoms with Crippen LogP contribution >= 0.6 is 0 Å². The number of amides is 2. The largest absolute Gasteiger partial charge is 0.481 e. The molecule has 0 heterocycles. The van der Waals surface area contributed by atoms with E-state index in [1.54, 1.807) is 6.92 Å². The van der Waals surface area contributed by atoms with Crippen LogP contribution in [0.4, 0.5) is 18.0 Å². The first-order valence-electron chi connectivity index (χ1n) is 6.49. The molecule has 5 nitrogen and oxygen atoms in total. The average Bonchev–Trinajstić information content (AvgIpc) is 2.33. The predicted octanol–water partition coefficient (Wildman–Crippen LogP) is 2.47. The summed E-state index contributed by atoms with van der Waals surface area (Å²) < 4.78 is 35.7. The highest BCUT2D eigenvalue weighted by Gasteiger charge is 2.26. The fourth-order valence-electron chi connectivity index (χ4n) is 1.52. The van der Waals surface area contributed by atoms with Crippen molar-refractivity contribution in [2.75, 3.05) is 19.6 Å². The third-order valence-electron chi connectivity index (χ3n) is 2.75. The molecule has 0 aliphatic rings. The van der Waals surface area contributed by atoms with Crippen LogP contribution in [0, 0.1) is 5.92 Å². The monoisotopic (exact) mass is 298 g/mol. The van der Waals surface area contributed by atoms with Gasteiger partial charge in [0.05, 0.1) is 5.92 Å². The number of halogens is 3. The lowest BCUT2D eigenvalue weighted by atomic mass is 10.2. The van der Waals surface area contributed by atoms with Gasteiger partial charge in [-0.15, -0.1) is 0 Å². The van der Waals surface area contributed by atoms with Gasteiger partial charge in [-0.2, -0.15) is 13.2 Å². The zero-order chi connectivity index (χ0) is 15.8. The Bertz CT molecular complexity index is 322. The summed E-state index contributed by atoms with van der Waals surface area (Å²) in [5.74, 6) is -1.69. The molecule has 0 bridgehead atoms. The minimum atomic E-state index is -4.17. The number of alkyl halides is 3. The van der Waals surface area contributed by atoms with E-state index in [-0.39, 0.29) is 25.9 Å². The van der Waals surface area contributed by atoms with E-state index in [1.165, 1.54) is 11.8 Å². The van der Waals surface area contributed by atoms with Gasteiger partial charge >= 0.3 is 18.2 Å². The number of rotatable bonds is 8. The minimum absolute atomic E-state index is 0.0402. The molecular weight excluding hydrogens is 277 g/mol. The van der Waals surface area contributed by atoms with Crippen LogP contribution in [0.25, 0.3) is 0 Å². The van der Waals surface area contributed by atoms with Crippen LogP contribution in [0.3, 0.4) is 0 Å². The molecule has 0 radical (unpaired) electrons. The summed E-state index contributed by atoms with van der Waals surface area (Å²) >= 11 is 0. The van der Waals surface area contributed by atoms with Crippen LogP contribution in [0.5, 0.6) is 0 Å². The van der Waals surface area contributed by atoms with Crippen LogP contribution in [0.15, 0.2) is 0 Å². The summed E-state index contributed by atoms with van der Waals surface area (Å²) in [6.45, 7) is 3.75. The number of hydrogen-bond donors (Lipinski definition) is 2. The Balaban J connectivity index is 3.96. The van der Waals surface area contributed by atoms with E-state index in [1.807, 2.05) is 0 Å². The van der Waals surface area contributed by atoms with Crippen molar-refractivity contribution in [1.29, 1.82) is 0 Å². The van der Waals surface area contributed by atoms with Gasteiger partial charge in [-0.25, -0.2) is 4.79 Å². The molecule has 20 heavy (non-hydrogen) atoms. The number of carboxylic acid groups (broad SMARTS) is 1. The summed E-state index contributed by atoms with van der Waals surface area (Å²) in [4.78, 5) is 23.7. The van der Waals surface area contributed by atoms with E-state index in [9.17, 15) is 22.8 Å². The molecule has 0 aromatic rings. The minimum Gasteiger partial charge on any atom is -0.481 e. The van der Waals surface area contributed by atoms with E-state index in [2.05, 4.69) is 5.32 Å². The second kappa shape index (κ2) is 8.65. The Labute approximate surface area is 116 Å².